The van der Waals surface area contributed by atoms with Crippen LogP contribution < -0.4 is 10.6 Å². The molecule has 178 valence electrons. The van der Waals surface area contributed by atoms with Gasteiger partial charge in [0.1, 0.15) is 6.04 Å². The average Bonchev–Trinajstić information content (AvgIpc) is 3.48. The zero-order valence-electron chi connectivity index (χ0n) is 19.2. The van der Waals surface area contributed by atoms with Crippen molar-refractivity contribution < 1.29 is 19.2 Å². The lowest BCUT2D eigenvalue weighted by atomic mass is 10.0. The Balaban J connectivity index is 1.29. The van der Waals surface area contributed by atoms with E-state index < -0.39 is 11.9 Å². The molecule has 1 unspecified atom stereocenters. The number of nitrogens with one attached hydrogen (secondary N) is 2. The van der Waals surface area contributed by atoms with Crippen molar-refractivity contribution in [3.63, 3.8) is 0 Å². The molecule has 3 heterocycles. The minimum Gasteiger partial charge on any atom is -0.347 e. The van der Waals surface area contributed by atoms with E-state index in [0.717, 1.165) is 17.5 Å². The largest absolute Gasteiger partial charge is 0.347 e. The van der Waals surface area contributed by atoms with Gasteiger partial charge in [-0.15, -0.1) is 5.10 Å². The highest BCUT2D eigenvalue weighted by atomic mass is 16.2. The quantitative estimate of drug-likeness (QED) is 0.524. The number of amides is 4. The van der Waals surface area contributed by atoms with Crippen LogP contribution in [-0.4, -0.2) is 49.6 Å². The average molecular weight is 473 g/mol. The van der Waals surface area contributed by atoms with Crippen molar-refractivity contribution in [2.75, 3.05) is 0 Å². The number of hydrogen-bond acceptors (Lipinski definition) is 6. The molecule has 3 aromatic rings. The summed E-state index contributed by atoms with van der Waals surface area (Å²) < 4.78 is 1.44. The first-order valence-corrected chi connectivity index (χ1v) is 11.5. The van der Waals surface area contributed by atoms with Crippen molar-refractivity contribution in [3.8, 4) is 5.69 Å². The molecule has 1 fully saturated rings. The van der Waals surface area contributed by atoms with Gasteiger partial charge in [-0.2, -0.15) is 0 Å². The Morgan fingerprint density at radius 1 is 1.14 bits per heavy atom. The van der Waals surface area contributed by atoms with Gasteiger partial charge in [-0.05, 0) is 41.7 Å². The van der Waals surface area contributed by atoms with Crippen molar-refractivity contribution in [2.24, 2.45) is 0 Å². The Labute approximate surface area is 201 Å². The fourth-order valence-corrected chi connectivity index (χ4v) is 4.52. The maximum absolute atomic E-state index is 13.0. The third-order valence-electron chi connectivity index (χ3n) is 6.44. The number of imide groups is 1. The summed E-state index contributed by atoms with van der Waals surface area (Å²) in [6, 6.07) is 12.5. The smallest absolute Gasteiger partial charge is 0.273 e. The van der Waals surface area contributed by atoms with Crippen LogP contribution in [-0.2, 0) is 29.1 Å². The first kappa shape index (κ1) is 22.5. The van der Waals surface area contributed by atoms with Crippen molar-refractivity contribution in [2.45, 2.75) is 45.3 Å². The molecule has 2 N–H and O–H groups in total. The van der Waals surface area contributed by atoms with E-state index in [1.807, 2.05) is 24.3 Å². The first-order chi connectivity index (χ1) is 16.9. The highest BCUT2D eigenvalue weighted by Crippen LogP contribution is 2.29. The summed E-state index contributed by atoms with van der Waals surface area (Å²) >= 11 is 0. The molecule has 0 bridgehead atoms. The summed E-state index contributed by atoms with van der Waals surface area (Å²) in [5, 5.41) is 13.2. The summed E-state index contributed by atoms with van der Waals surface area (Å²) in [6.45, 7) is 2.75. The van der Waals surface area contributed by atoms with Gasteiger partial charge in [-0.1, -0.05) is 42.5 Å². The highest BCUT2D eigenvalue weighted by Gasteiger charge is 2.39. The molecular weight excluding hydrogens is 448 g/mol. The molecule has 10 heteroatoms. The topological polar surface area (TPSA) is 126 Å². The number of benzene rings is 2. The van der Waals surface area contributed by atoms with Crippen LogP contribution in [0.4, 0.5) is 0 Å². The minimum absolute atomic E-state index is 0.163. The minimum atomic E-state index is -0.671. The summed E-state index contributed by atoms with van der Waals surface area (Å²) in [5.41, 5.74) is 4.21. The number of rotatable bonds is 6. The van der Waals surface area contributed by atoms with Gasteiger partial charge in [0.05, 0.1) is 11.9 Å². The Kier molecular flexibility index (Phi) is 5.86. The van der Waals surface area contributed by atoms with E-state index in [9.17, 15) is 19.2 Å². The molecule has 1 aromatic heterocycles. The summed E-state index contributed by atoms with van der Waals surface area (Å²) in [6.07, 6.45) is 2.90. The monoisotopic (exact) mass is 472 g/mol. The summed E-state index contributed by atoms with van der Waals surface area (Å²) in [7, 11) is 0. The Morgan fingerprint density at radius 2 is 1.94 bits per heavy atom. The van der Waals surface area contributed by atoms with Gasteiger partial charge in [0, 0.05) is 25.1 Å². The van der Waals surface area contributed by atoms with E-state index >= 15 is 0 Å². The number of carbonyl (C=O) groups excluding carboxylic acids is 4. The fourth-order valence-electron chi connectivity index (χ4n) is 4.52. The van der Waals surface area contributed by atoms with Crippen LogP contribution in [0, 0.1) is 0 Å². The lowest BCUT2D eigenvalue weighted by Gasteiger charge is -2.29. The summed E-state index contributed by atoms with van der Waals surface area (Å²) in [4.78, 5) is 50.8. The number of piperidine rings is 1. The van der Waals surface area contributed by atoms with Crippen LogP contribution in [0.3, 0.4) is 0 Å². The zero-order chi connectivity index (χ0) is 24.5. The van der Waals surface area contributed by atoms with Crippen LogP contribution >= 0.6 is 0 Å². The lowest BCUT2D eigenvalue weighted by molar-refractivity contribution is -0.136. The Hall–Kier alpha value is -4.34. The number of aryl methyl sites for hydroxylation is 1. The molecule has 2 aliphatic rings. The fraction of sp³-hybridized carbons (Fsp3) is 0.280. The van der Waals surface area contributed by atoms with Gasteiger partial charge in [-0.3, -0.25) is 24.5 Å². The van der Waals surface area contributed by atoms with Crippen LogP contribution in [0.5, 0.6) is 0 Å². The van der Waals surface area contributed by atoms with E-state index in [1.165, 1.54) is 21.3 Å². The number of aromatic nitrogens is 3. The molecule has 5 rings (SSSR count). The molecule has 4 amide bonds. The number of fused-ring (bicyclic) bond motifs is 1. The lowest BCUT2D eigenvalue weighted by Crippen LogP contribution is -2.52. The number of nitrogens with zero attached hydrogens (tertiary/aromatic N) is 4. The van der Waals surface area contributed by atoms with Gasteiger partial charge in [0.15, 0.2) is 5.69 Å². The molecule has 2 aliphatic heterocycles. The first-order valence-electron chi connectivity index (χ1n) is 11.5. The molecule has 2 aromatic carbocycles. The normalized spacial score (nSPS) is 17.3. The zero-order valence-corrected chi connectivity index (χ0v) is 19.2. The van der Waals surface area contributed by atoms with Gasteiger partial charge in [0.2, 0.25) is 11.8 Å². The second kappa shape index (κ2) is 9.13. The van der Waals surface area contributed by atoms with Crippen LogP contribution in [0.25, 0.3) is 5.69 Å². The van der Waals surface area contributed by atoms with Crippen molar-refractivity contribution in [3.05, 3.63) is 76.6 Å². The van der Waals surface area contributed by atoms with Crippen molar-refractivity contribution in [1.82, 2.24) is 30.5 Å². The molecule has 0 spiro atoms. The highest BCUT2D eigenvalue weighted by molar-refractivity contribution is 6.05. The third-order valence-corrected chi connectivity index (χ3v) is 6.44. The molecule has 1 saturated heterocycles. The van der Waals surface area contributed by atoms with Crippen LogP contribution in [0.2, 0.25) is 0 Å². The van der Waals surface area contributed by atoms with Gasteiger partial charge >= 0.3 is 0 Å². The Bertz CT molecular complexity index is 1350. The second-order valence-corrected chi connectivity index (χ2v) is 8.59. The molecule has 0 saturated carbocycles. The molecule has 35 heavy (non-hydrogen) atoms. The molecule has 1 atom stereocenters. The second-order valence-electron chi connectivity index (χ2n) is 8.59. The van der Waals surface area contributed by atoms with Gasteiger partial charge in [-0.25, -0.2) is 4.68 Å². The van der Waals surface area contributed by atoms with Gasteiger partial charge < -0.3 is 10.2 Å². The molecule has 0 aliphatic carbocycles. The molecular formula is C25H24N6O4. The maximum atomic E-state index is 13.0. The predicted octanol–water partition coefficient (Wildman–Crippen LogP) is 1.52. The van der Waals surface area contributed by atoms with Crippen LogP contribution in [0.15, 0.2) is 48.7 Å². The standard InChI is InChI=1S/C25H24N6O4/c1-2-15-5-3-4-6-16(15)12-26-23(33)20-14-31(29-28-20)18-8-7-17-13-30(25(35)19(17)11-18)21-9-10-22(32)27-24(21)34/h3-8,11,14,21H,2,9-10,12-13H2,1H3,(H,26,33)(H,27,32,34). The SMILES string of the molecule is CCc1ccccc1CNC(=O)c1cn(-c2ccc3c(c2)C(=O)N(C2CCC(=O)NC2=O)C3)nn1. The predicted molar refractivity (Wildman–Crippen MR) is 124 cm³/mol. The molecule has 0 radical (unpaired) electrons. The molecule has 10 nitrogen and oxygen atoms in total. The van der Waals surface area contributed by atoms with E-state index in [4.69, 9.17) is 0 Å². The van der Waals surface area contributed by atoms with Crippen molar-refractivity contribution >= 4 is 23.6 Å². The third kappa shape index (κ3) is 4.30. The summed E-state index contributed by atoms with van der Waals surface area (Å²) in [5.74, 6) is -1.39. The van der Waals surface area contributed by atoms with E-state index in [-0.39, 0.29) is 29.8 Å². The van der Waals surface area contributed by atoms with Crippen molar-refractivity contribution in [1.29, 1.82) is 0 Å². The van der Waals surface area contributed by atoms with E-state index in [1.54, 1.807) is 18.2 Å². The maximum Gasteiger partial charge on any atom is 0.273 e. The van der Waals surface area contributed by atoms with E-state index in [2.05, 4.69) is 27.9 Å². The van der Waals surface area contributed by atoms with Gasteiger partial charge in [0.25, 0.3) is 11.8 Å². The number of hydrogen-bond donors (Lipinski definition) is 2. The van der Waals surface area contributed by atoms with Crippen LogP contribution in [0.1, 0.15) is 57.3 Å². The Morgan fingerprint density at radius 3 is 2.71 bits per heavy atom. The van der Waals surface area contributed by atoms with E-state index in [0.29, 0.717) is 30.8 Å². The number of carbonyl (C=O) groups is 4.